The third kappa shape index (κ3) is 4.70. The van der Waals surface area contributed by atoms with Gasteiger partial charge in [-0.2, -0.15) is 0 Å². The zero-order valence-electron chi connectivity index (χ0n) is 18.8. The lowest BCUT2D eigenvalue weighted by Gasteiger charge is -2.40. The summed E-state index contributed by atoms with van der Waals surface area (Å²) in [4.78, 5) is 40.5. The van der Waals surface area contributed by atoms with Gasteiger partial charge in [0.1, 0.15) is 11.6 Å². The molecule has 168 valence electrons. The number of likely N-dealkylation sites (tertiary alicyclic amines) is 1. The number of fused-ring (bicyclic) bond motifs is 1. The number of ether oxygens (including phenoxy) is 1. The van der Waals surface area contributed by atoms with E-state index in [0.717, 1.165) is 37.9 Å². The number of hydrogen-bond donors (Lipinski definition) is 1. The molecule has 1 aromatic carbocycles. The molecule has 1 aromatic rings. The SMILES string of the molecule is CC(C)(C)OC(=O)N1CCC(c2cccc3c2CCCN3C2CCC(=O)NC2=O)CC1. The molecule has 7 heteroatoms. The third-order valence-electron chi connectivity index (χ3n) is 6.50. The zero-order chi connectivity index (χ0) is 22.2. The summed E-state index contributed by atoms with van der Waals surface area (Å²) in [6.07, 6.45) is 4.56. The van der Waals surface area contributed by atoms with Crippen LogP contribution in [-0.4, -0.2) is 54.1 Å². The molecule has 31 heavy (non-hydrogen) atoms. The number of piperidine rings is 2. The van der Waals surface area contributed by atoms with Crippen molar-refractivity contribution < 1.29 is 19.1 Å². The molecule has 3 amide bonds. The lowest BCUT2D eigenvalue weighted by molar-refractivity contribution is -0.134. The topological polar surface area (TPSA) is 79.0 Å². The van der Waals surface area contributed by atoms with Crippen LogP contribution in [0.15, 0.2) is 18.2 Å². The molecule has 0 radical (unpaired) electrons. The van der Waals surface area contributed by atoms with E-state index >= 15 is 0 Å². The minimum atomic E-state index is -0.480. The summed E-state index contributed by atoms with van der Waals surface area (Å²) in [7, 11) is 0. The number of carbonyl (C=O) groups is 3. The Morgan fingerprint density at radius 1 is 1.06 bits per heavy atom. The predicted octanol–water partition coefficient (Wildman–Crippen LogP) is 3.36. The van der Waals surface area contributed by atoms with Gasteiger partial charge >= 0.3 is 6.09 Å². The van der Waals surface area contributed by atoms with Gasteiger partial charge in [-0.05, 0) is 76.0 Å². The Kier molecular flexibility index (Phi) is 5.95. The summed E-state index contributed by atoms with van der Waals surface area (Å²) in [5, 5.41) is 2.50. The van der Waals surface area contributed by atoms with Crippen LogP contribution >= 0.6 is 0 Å². The number of hydrogen-bond acceptors (Lipinski definition) is 5. The van der Waals surface area contributed by atoms with Crippen LogP contribution in [-0.2, 0) is 20.7 Å². The molecule has 4 rings (SSSR count). The van der Waals surface area contributed by atoms with Crippen LogP contribution in [0.2, 0.25) is 0 Å². The van der Waals surface area contributed by atoms with Crippen molar-refractivity contribution in [1.29, 1.82) is 0 Å². The fourth-order valence-corrected chi connectivity index (χ4v) is 5.07. The summed E-state index contributed by atoms with van der Waals surface area (Å²) in [5.41, 5.74) is 3.33. The summed E-state index contributed by atoms with van der Waals surface area (Å²) >= 11 is 0. The van der Waals surface area contributed by atoms with Crippen molar-refractivity contribution in [3.8, 4) is 0 Å². The summed E-state index contributed by atoms with van der Waals surface area (Å²) in [6, 6.07) is 6.12. The third-order valence-corrected chi connectivity index (χ3v) is 6.50. The van der Waals surface area contributed by atoms with E-state index in [-0.39, 0.29) is 23.9 Å². The number of nitrogens with one attached hydrogen (secondary N) is 1. The first kappa shape index (κ1) is 21.7. The molecule has 2 saturated heterocycles. The van der Waals surface area contributed by atoms with Gasteiger partial charge in [0.25, 0.3) is 0 Å². The first-order valence-electron chi connectivity index (χ1n) is 11.4. The van der Waals surface area contributed by atoms with Crippen LogP contribution in [0.5, 0.6) is 0 Å². The molecule has 7 nitrogen and oxygen atoms in total. The van der Waals surface area contributed by atoms with Crippen molar-refractivity contribution >= 4 is 23.6 Å². The van der Waals surface area contributed by atoms with Gasteiger partial charge in [0, 0.05) is 31.7 Å². The van der Waals surface area contributed by atoms with Crippen LogP contribution in [0, 0.1) is 0 Å². The first-order chi connectivity index (χ1) is 14.7. The van der Waals surface area contributed by atoms with E-state index in [4.69, 9.17) is 4.74 Å². The Morgan fingerprint density at radius 2 is 1.81 bits per heavy atom. The van der Waals surface area contributed by atoms with Gasteiger partial charge in [-0.3, -0.25) is 14.9 Å². The average Bonchev–Trinajstić information content (AvgIpc) is 2.72. The standard InChI is InChI=1S/C24H33N3O4/c1-24(2,3)31-23(30)26-14-11-16(12-15-26)17-6-4-8-19-18(17)7-5-13-27(19)20-9-10-21(28)25-22(20)29/h4,6,8,16,20H,5,7,9-15H2,1-3H3,(H,25,28,29). The first-order valence-corrected chi connectivity index (χ1v) is 11.4. The Balaban J connectivity index is 1.49. The minimum absolute atomic E-state index is 0.177. The van der Waals surface area contributed by atoms with E-state index in [0.29, 0.717) is 31.8 Å². The number of nitrogens with zero attached hydrogens (tertiary/aromatic N) is 2. The fourth-order valence-electron chi connectivity index (χ4n) is 5.07. The van der Waals surface area contributed by atoms with Gasteiger partial charge in [-0.25, -0.2) is 4.79 Å². The van der Waals surface area contributed by atoms with Crippen molar-refractivity contribution in [1.82, 2.24) is 10.2 Å². The number of amides is 3. The molecule has 1 N–H and O–H groups in total. The van der Waals surface area contributed by atoms with Gasteiger partial charge in [-0.1, -0.05) is 12.1 Å². The molecule has 3 aliphatic rings. The number of benzene rings is 1. The second-order valence-corrected chi connectivity index (χ2v) is 9.85. The molecular weight excluding hydrogens is 394 g/mol. The number of carbonyl (C=O) groups excluding carboxylic acids is 3. The van der Waals surface area contributed by atoms with Crippen LogP contribution in [0.4, 0.5) is 10.5 Å². The number of rotatable bonds is 2. The molecule has 0 aliphatic carbocycles. The largest absolute Gasteiger partial charge is 0.444 e. The van der Waals surface area contributed by atoms with E-state index in [2.05, 4.69) is 28.4 Å². The predicted molar refractivity (Wildman–Crippen MR) is 118 cm³/mol. The maximum atomic E-state index is 12.5. The van der Waals surface area contributed by atoms with E-state index in [9.17, 15) is 14.4 Å². The van der Waals surface area contributed by atoms with Crippen molar-refractivity contribution in [2.45, 2.75) is 76.9 Å². The van der Waals surface area contributed by atoms with E-state index in [1.807, 2.05) is 25.7 Å². The van der Waals surface area contributed by atoms with Gasteiger partial charge in [-0.15, -0.1) is 0 Å². The van der Waals surface area contributed by atoms with E-state index < -0.39 is 5.60 Å². The van der Waals surface area contributed by atoms with Crippen LogP contribution in [0.25, 0.3) is 0 Å². The van der Waals surface area contributed by atoms with Gasteiger partial charge in [0.2, 0.25) is 11.8 Å². The van der Waals surface area contributed by atoms with Crippen molar-refractivity contribution in [2.75, 3.05) is 24.5 Å². The Labute approximate surface area is 184 Å². The monoisotopic (exact) mass is 427 g/mol. The van der Waals surface area contributed by atoms with Crippen LogP contribution in [0.1, 0.15) is 69.9 Å². The van der Waals surface area contributed by atoms with Gasteiger partial charge in [0.15, 0.2) is 0 Å². The van der Waals surface area contributed by atoms with Gasteiger partial charge in [0.05, 0.1) is 0 Å². The molecule has 1 atom stereocenters. The molecule has 2 fully saturated rings. The molecule has 3 aliphatic heterocycles. The molecule has 0 aromatic heterocycles. The van der Waals surface area contributed by atoms with Crippen molar-refractivity contribution in [3.05, 3.63) is 29.3 Å². The van der Waals surface area contributed by atoms with Gasteiger partial charge < -0.3 is 14.5 Å². The summed E-state index contributed by atoms with van der Waals surface area (Å²) in [5.74, 6) is 0.0412. The van der Waals surface area contributed by atoms with Crippen LogP contribution in [0.3, 0.4) is 0 Å². The highest BCUT2D eigenvalue weighted by Crippen LogP contribution is 2.39. The Hall–Kier alpha value is -2.57. The normalized spacial score (nSPS) is 22.7. The number of anilines is 1. The zero-order valence-corrected chi connectivity index (χ0v) is 18.8. The second-order valence-electron chi connectivity index (χ2n) is 9.85. The second kappa shape index (κ2) is 8.52. The summed E-state index contributed by atoms with van der Waals surface area (Å²) in [6.45, 7) is 7.90. The Morgan fingerprint density at radius 3 is 2.48 bits per heavy atom. The maximum absolute atomic E-state index is 12.5. The molecular formula is C24H33N3O4. The highest BCUT2D eigenvalue weighted by molar-refractivity contribution is 6.01. The van der Waals surface area contributed by atoms with E-state index in [1.165, 1.54) is 11.1 Å². The highest BCUT2D eigenvalue weighted by atomic mass is 16.6. The number of imide groups is 1. The molecule has 1 unspecified atom stereocenters. The smallest absolute Gasteiger partial charge is 0.410 e. The maximum Gasteiger partial charge on any atom is 0.410 e. The van der Waals surface area contributed by atoms with Crippen LogP contribution < -0.4 is 10.2 Å². The van der Waals surface area contributed by atoms with Crippen molar-refractivity contribution in [3.63, 3.8) is 0 Å². The quantitative estimate of drug-likeness (QED) is 0.732. The molecule has 0 bridgehead atoms. The molecule has 3 heterocycles. The average molecular weight is 428 g/mol. The fraction of sp³-hybridized carbons (Fsp3) is 0.625. The lowest BCUT2D eigenvalue weighted by atomic mass is 9.83. The highest BCUT2D eigenvalue weighted by Gasteiger charge is 2.35. The van der Waals surface area contributed by atoms with E-state index in [1.54, 1.807) is 0 Å². The molecule has 0 saturated carbocycles. The van der Waals surface area contributed by atoms with Crippen molar-refractivity contribution in [2.24, 2.45) is 0 Å². The molecule has 0 spiro atoms. The lowest BCUT2D eigenvalue weighted by Crippen LogP contribution is -2.54. The minimum Gasteiger partial charge on any atom is -0.444 e. The Bertz CT molecular complexity index is 868. The summed E-state index contributed by atoms with van der Waals surface area (Å²) < 4.78 is 5.53.